The topological polar surface area (TPSA) is 35.6 Å². The van der Waals surface area contributed by atoms with Crippen LogP contribution in [0.25, 0.3) is 28.2 Å². The molecule has 0 N–H and O–H groups in total. The lowest BCUT2D eigenvalue weighted by Gasteiger charge is -2.15. The zero-order valence-electron chi connectivity index (χ0n) is 16.3. The molecule has 0 amide bonds. The fraction of sp³-hybridized carbons (Fsp3) is 0.250. The number of unbranched alkanes of at least 4 members (excludes halogenated alkanes) is 3. The molecule has 28 heavy (non-hydrogen) atoms. The van der Waals surface area contributed by atoms with Gasteiger partial charge in [0.15, 0.2) is 0 Å². The Balaban J connectivity index is 1.88. The molecule has 2 heterocycles. The summed E-state index contributed by atoms with van der Waals surface area (Å²) in [6, 6.07) is 23.5. The highest BCUT2D eigenvalue weighted by Crippen LogP contribution is 2.36. The first-order chi connectivity index (χ1) is 13.9. The summed E-state index contributed by atoms with van der Waals surface area (Å²) in [7, 11) is 0. The molecule has 0 radical (unpaired) electrons. The van der Waals surface area contributed by atoms with Crippen molar-refractivity contribution in [3.8, 4) is 28.2 Å². The number of nitrogens with zero attached hydrogens (tertiary/aromatic N) is 4. The van der Waals surface area contributed by atoms with Crippen molar-refractivity contribution in [1.29, 1.82) is 0 Å². The van der Waals surface area contributed by atoms with Crippen molar-refractivity contribution < 1.29 is 0 Å². The van der Waals surface area contributed by atoms with Crippen LogP contribution in [0.15, 0.2) is 79.4 Å². The molecule has 0 bridgehead atoms. The normalized spacial score (nSPS) is 11.0. The van der Waals surface area contributed by atoms with Crippen molar-refractivity contribution in [2.45, 2.75) is 39.2 Å². The maximum absolute atomic E-state index is 4.42. The van der Waals surface area contributed by atoms with Gasteiger partial charge in [0.05, 0.1) is 5.69 Å². The van der Waals surface area contributed by atoms with Gasteiger partial charge in [0.2, 0.25) is 0 Å². The van der Waals surface area contributed by atoms with E-state index in [2.05, 4.69) is 88.3 Å². The van der Waals surface area contributed by atoms with E-state index in [4.69, 9.17) is 0 Å². The number of aromatic nitrogens is 4. The number of rotatable bonds is 8. The van der Waals surface area contributed by atoms with E-state index in [1.54, 1.807) is 12.7 Å². The summed E-state index contributed by atoms with van der Waals surface area (Å²) in [4.78, 5) is 4.17. The lowest BCUT2D eigenvalue weighted by molar-refractivity contribution is 0.575. The lowest BCUT2D eigenvalue weighted by Crippen LogP contribution is -2.08. The van der Waals surface area contributed by atoms with Gasteiger partial charge in [-0.3, -0.25) is 0 Å². The van der Waals surface area contributed by atoms with Crippen LogP contribution in [0.5, 0.6) is 0 Å². The Labute approximate surface area is 166 Å². The van der Waals surface area contributed by atoms with Crippen LogP contribution in [0.1, 0.15) is 32.6 Å². The monoisotopic (exact) mass is 370 g/mol. The summed E-state index contributed by atoms with van der Waals surface area (Å²) < 4.78 is 4.28. The molecule has 0 aliphatic carbocycles. The first kappa shape index (κ1) is 18.2. The smallest absolute Gasteiger partial charge is 0.138 e. The Morgan fingerprint density at radius 2 is 1.54 bits per heavy atom. The average Bonchev–Trinajstić information content (AvgIpc) is 3.40. The number of benzene rings is 2. The van der Waals surface area contributed by atoms with Crippen molar-refractivity contribution in [2.24, 2.45) is 0 Å². The van der Waals surface area contributed by atoms with Crippen LogP contribution in [-0.2, 0) is 6.54 Å². The maximum atomic E-state index is 4.42. The van der Waals surface area contributed by atoms with E-state index >= 15 is 0 Å². The SMILES string of the molecule is CCCCCCn1c(-n2cncn2)cc(-c2ccccc2)c1-c1ccccc1. The van der Waals surface area contributed by atoms with E-state index in [0.717, 1.165) is 18.8 Å². The van der Waals surface area contributed by atoms with Gasteiger partial charge in [-0.05, 0) is 23.6 Å². The second-order valence-electron chi connectivity index (χ2n) is 7.05. The van der Waals surface area contributed by atoms with Gasteiger partial charge in [-0.25, -0.2) is 9.67 Å². The molecule has 4 aromatic rings. The lowest BCUT2D eigenvalue weighted by atomic mass is 10.0. The van der Waals surface area contributed by atoms with E-state index in [0.29, 0.717) is 0 Å². The Kier molecular flexibility index (Phi) is 5.66. The third-order valence-corrected chi connectivity index (χ3v) is 5.10. The maximum Gasteiger partial charge on any atom is 0.138 e. The number of hydrogen-bond donors (Lipinski definition) is 0. The van der Waals surface area contributed by atoms with Crippen LogP contribution in [-0.4, -0.2) is 19.3 Å². The molecule has 0 unspecified atom stereocenters. The zero-order valence-corrected chi connectivity index (χ0v) is 16.3. The largest absolute Gasteiger partial charge is 0.325 e. The Morgan fingerprint density at radius 3 is 2.18 bits per heavy atom. The molecule has 0 saturated carbocycles. The summed E-state index contributed by atoms with van der Waals surface area (Å²) in [5.41, 5.74) is 4.92. The van der Waals surface area contributed by atoms with Crippen molar-refractivity contribution in [3.63, 3.8) is 0 Å². The van der Waals surface area contributed by atoms with Crippen molar-refractivity contribution in [1.82, 2.24) is 19.3 Å². The summed E-state index contributed by atoms with van der Waals surface area (Å²) in [5, 5.41) is 4.42. The minimum atomic E-state index is 0.965. The van der Waals surface area contributed by atoms with Gasteiger partial charge in [0.1, 0.15) is 18.5 Å². The second-order valence-corrected chi connectivity index (χ2v) is 7.05. The molecular weight excluding hydrogens is 344 g/mol. The first-order valence-electron chi connectivity index (χ1n) is 10.1. The van der Waals surface area contributed by atoms with Crippen LogP contribution in [0.2, 0.25) is 0 Å². The summed E-state index contributed by atoms with van der Waals surface area (Å²) in [5.74, 6) is 1.06. The summed E-state index contributed by atoms with van der Waals surface area (Å²) in [6.07, 6.45) is 8.27. The van der Waals surface area contributed by atoms with Gasteiger partial charge >= 0.3 is 0 Å². The Morgan fingerprint density at radius 1 is 0.821 bits per heavy atom. The highest BCUT2D eigenvalue weighted by Gasteiger charge is 2.19. The highest BCUT2D eigenvalue weighted by molar-refractivity contribution is 5.84. The molecular formula is C24H26N4. The van der Waals surface area contributed by atoms with Crippen molar-refractivity contribution >= 4 is 0 Å². The van der Waals surface area contributed by atoms with E-state index in [1.807, 2.05) is 4.68 Å². The fourth-order valence-corrected chi connectivity index (χ4v) is 3.72. The molecule has 0 fully saturated rings. The van der Waals surface area contributed by atoms with Crippen LogP contribution < -0.4 is 0 Å². The van der Waals surface area contributed by atoms with E-state index in [1.165, 1.54) is 41.6 Å². The summed E-state index contributed by atoms with van der Waals surface area (Å²) >= 11 is 0. The van der Waals surface area contributed by atoms with Gasteiger partial charge in [-0.15, -0.1) is 0 Å². The van der Waals surface area contributed by atoms with Crippen molar-refractivity contribution in [2.75, 3.05) is 0 Å². The van der Waals surface area contributed by atoms with E-state index < -0.39 is 0 Å². The molecule has 4 heteroatoms. The first-order valence-corrected chi connectivity index (χ1v) is 10.1. The van der Waals surface area contributed by atoms with E-state index in [-0.39, 0.29) is 0 Å². The molecule has 0 spiro atoms. The highest BCUT2D eigenvalue weighted by atomic mass is 15.4. The van der Waals surface area contributed by atoms with Gasteiger partial charge in [0.25, 0.3) is 0 Å². The molecule has 0 aliphatic heterocycles. The predicted octanol–water partition coefficient (Wildman–Crippen LogP) is 5.98. The fourth-order valence-electron chi connectivity index (χ4n) is 3.72. The molecule has 0 saturated heterocycles. The molecule has 4 rings (SSSR count). The summed E-state index contributed by atoms with van der Waals surface area (Å²) in [6.45, 7) is 3.21. The molecule has 0 atom stereocenters. The van der Waals surface area contributed by atoms with Crippen LogP contribution >= 0.6 is 0 Å². The molecule has 2 aromatic carbocycles. The molecule has 4 nitrogen and oxygen atoms in total. The quantitative estimate of drug-likeness (QED) is 0.358. The Bertz CT molecular complexity index is 986. The average molecular weight is 371 g/mol. The Hall–Kier alpha value is -3.14. The van der Waals surface area contributed by atoms with Gasteiger partial charge in [-0.2, -0.15) is 5.10 Å². The van der Waals surface area contributed by atoms with Crippen LogP contribution in [0.3, 0.4) is 0 Å². The zero-order chi connectivity index (χ0) is 19.2. The predicted molar refractivity (Wildman–Crippen MR) is 114 cm³/mol. The van der Waals surface area contributed by atoms with Gasteiger partial charge in [-0.1, -0.05) is 86.8 Å². The minimum Gasteiger partial charge on any atom is -0.325 e. The van der Waals surface area contributed by atoms with Crippen LogP contribution in [0.4, 0.5) is 0 Å². The van der Waals surface area contributed by atoms with Gasteiger partial charge < -0.3 is 4.57 Å². The molecule has 2 aromatic heterocycles. The van der Waals surface area contributed by atoms with Crippen LogP contribution in [0, 0.1) is 0 Å². The third kappa shape index (κ3) is 3.77. The van der Waals surface area contributed by atoms with Crippen molar-refractivity contribution in [3.05, 3.63) is 79.4 Å². The number of hydrogen-bond acceptors (Lipinski definition) is 2. The van der Waals surface area contributed by atoms with E-state index in [9.17, 15) is 0 Å². The standard InChI is InChI=1S/C24H26N4/c1-2-3-4-11-16-27-23(28-19-25-18-26-28)17-22(20-12-7-5-8-13-20)24(27)21-14-9-6-10-15-21/h5-10,12-15,17-19H,2-4,11,16H2,1H3. The molecule has 0 aliphatic rings. The molecule has 142 valence electrons. The minimum absolute atomic E-state index is 0.965. The second kappa shape index (κ2) is 8.70. The third-order valence-electron chi connectivity index (χ3n) is 5.10. The van der Waals surface area contributed by atoms with Gasteiger partial charge in [0, 0.05) is 12.1 Å².